The minimum absolute atomic E-state index is 0.0515. The summed E-state index contributed by atoms with van der Waals surface area (Å²) in [5.74, 6) is -0.106. The Labute approximate surface area is 95.2 Å². The van der Waals surface area contributed by atoms with E-state index in [4.69, 9.17) is 10.2 Å². The van der Waals surface area contributed by atoms with Crippen molar-refractivity contribution in [3.8, 4) is 0 Å². The van der Waals surface area contributed by atoms with E-state index in [9.17, 15) is 4.79 Å². The van der Waals surface area contributed by atoms with Gasteiger partial charge in [-0.3, -0.25) is 4.79 Å². The van der Waals surface area contributed by atoms with Gasteiger partial charge in [0.15, 0.2) is 0 Å². The monoisotopic (exact) mass is 222 g/mol. The number of nitrogens with two attached hydrogens (primary N) is 1. The van der Waals surface area contributed by atoms with Crippen molar-refractivity contribution in [3.05, 3.63) is 24.2 Å². The quantitative estimate of drug-likeness (QED) is 0.809. The smallest absolute Gasteiger partial charge is 0.220 e. The van der Waals surface area contributed by atoms with E-state index < -0.39 is 0 Å². The normalized spacial score (nSPS) is 25.5. The summed E-state index contributed by atoms with van der Waals surface area (Å²) in [6, 6.07) is 2.35. The highest BCUT2D eigenvalue weighted by molar-refractivity contribution is 5.76. The van der Waals surface area contributed by atoms with Crippen LogP contribution in [0.4, 0.5) is 0 Å². The molecule has 0 aromatic carbocycles. The maximum absolute atomic E-state index is 11.1. The summed E-state index contributed by atoms with van der Waals surface area (Å²) in [4.78, 5) is 11.1. The Morgan fingerprint density at radius 3 is 3.12 bits per heavy atom. The minimum atomic E-state index is -0.158. The molecule has 16 heavy (non-hydrogen) atoms. The number of nitrogens with one attached hydrogen (secondary N) is 1. The van der Waals surface area contributed by atoms with E-state index >= 15 is 0 Å². The lowest BCUT2D eigenvalue weighted by molar-refractivity contribution is -0.122. The highest BCUT2D eigenvalue weighted by atomic mass is 16.3. The van der Waals surface area contributed by atoms with Gasteiger partial charge in [0.25, 0.3) is 0 Å². The van der Waals surface area contributed by atoms with Gasteiger partial charge in [-0.15, -0.1) is 0 Å². The van der Waals surface area contributed by atoms with Crippen molar-refractivity contribution >= 4 is 5.91 Å². The number of rotatable bonds is 4. The molecule has 3 N–H and O–H groups in total. The van der Waals surface area contributed by atoms with Gasteiger partial charge in [0, 0.05) is 24.1 Å². The van der Waals surface area contributed by atoms with Crippen molar-refractivity contribution < 1.29 is 9.21 Å². The molecule has 1 heterocycles. The molecule has 2 unspecified atom stereocenters. The second-order valence-electron chi connectivity index (χ2n) is 4.48. The first-order chi connectivity index (χ1) is 7.75. The molecule has 1 saturated carbocycles. The average molecular weight is 222 g/mol. The molecular formula is C12H18N2O2. The summed E-state index contributed by atoms with van der Waals surface area (Å²) in [5, 5.41) is 3.44. The lowest BCUT2D eigenvalue weighted by Crippen LogP contribution is -2.38. The van der Waals surface area contributed by atoms with Crippen molar-refractivity contribution in [2.24, 2.45) is 11.7 Å². The average Bonchev–Trinajstić information content (AvgIpc) is 2.79. The van der Waals surface area contributed by atoms with Crippen molar-refractivity contribution in [3.63, 3.8) is 0 Å². The molecule has 0 aliphatic heterocycles. The predicted molar refractivity (Wildman–Crippen MR) is 60.5 cm³/mol. The summed E-state index contributed by atoms with van der Waals surface area (Å²) in [6.07, 6.45) is 7.43. The Hall–Kier alpha value is -1.29. The Bertz CT molecular complexity index is 335. The summed E-state index contributed by atoms with van der Waals surface area (Å²) in [7, 11) is 0. The van der Waals surface area contributed by atoms with E-state index in [1.807, 2.05) is 6.07 Å². The van der Waals surface area contributed by atoms with Crippen LogP contribution in [0.5, 0.6) is 0 Å². The lowest BCUT2D eigenvalue weighted by Gasteiger charge is -2.27. The first-order valence-electron chi connectivity index (χ1n) is 5.79. The molecular weight excluding hydrogens is 204 g/mol. The first kappa shape index (κ1) is 11.2. The van der Waals surface area contributed by atoms with E-state index in [2.05, 4.69) is 5.32 Å². The zero-order valence-corrected chi connectivity index (χ0v) is 9.32. The predicted octanol–water partition coefficient (Wildman–Crippen LogP) is 1.41. The zero-order chi connectivity index (χ0) is 11.4. The van der Waals surface area contributed by atoms with E-state index in [-0.39, 0.29) is 11.8 Å². The van der Waals surface area contributed by atoms with Gasteiger partial charge < -0.3 is 15.5 Å². The number of hydrogen-bond acceptors (Lipinski definition) is 3. The molecule has 4 nitrogen and oxygen atoms in total. The van der Waals surface area contributed by atoms with E-state index in [0.29, 0.717) is 6.04 Å². The fourth-order valence-electron chi connectivity index (χ4n) is 2.29. The first-order valence-corrected chi connectivity index (χ1v) is 5.79. The summed E-state index contributed by atoms with van der Waals surface area (Å²) in [6.45, 7) is 0.798. The number of carbonyl (C=O) groups is 1. The second-order valence-corrected chi connectivity index (χ2v) is 4.48. The van der Waals surface area contributed by atoms with Crippen LogP contribution >= 0.6 is 0 Å². The second kappa shape index (κ2) is 5.16. The van der Waals surface area contributed by atoms with Crippen LogP contribution in [-0.2, 0) is 11.3 Å². The molecule has 88 valence electrons. The fourth-order valence-corrected chi connectivity index (χ4v) is 2.29. The van der Waals surface area contributed by atoms with Crippen LogP contribution in [0.1, 0.15) is 31.2 Å². The molecule has 2 atom stereocenters. The van der Waals surface area contributed by atoms with Gasteiger partial charge in [0.1, 0.15) is 0 Å². The van der Waals surface area contributed by atoms with Crippen LogP contribution in [0.2, 0.25) is 0 Å². The third kappa shape index (κ3) is 2.85. The molecule has 1 aliphatic rings. The maximum Gasteiger partial charge on any atom is 0.220 e. The van der Waals surface area contributed by atoms with Gasteiger partial charge in [-0.25, -0.2) is 0 Å². The van der Waals surface area contributed by atoms with Gasteiger partial charge in [-0.2, -0.15) is 0 Å². The molecule has 1 aromatic rings. The standard InChI is InChI=1S/C12H18N2O2/c13-12(15)10-2-1-3-11(6-10)14-7-9-4-5-16-8-9/h4-5,8,10-11,14H,1-3,6-7H2,(H2,13,15). The van der Waals surface area contributed by atoms with Gasteiger partial charge in [-0.05, 0) is 25.3 Å². The van der Waals surface area contributed by atoms with E-state index in [0.717, 1.165) is 37.8 Å². The molecule has 0 spiro atoms. The Morgan fingerprint density at radius 1 is 1.56 bits per heavy atom. The summed E-state index contributed by atoms with van der Waals surface area (Å²) < 4.78 is 5.00. The highest BCUT2D eigenvalue weighted by Crippen LogP contribution is 2.24. The summed E-state index contributed by atoms with van der Waals surface area (Å²) >= 11 is 0. The molecule has 2 rings (SSSR count). The molecule has 0 radical (unpaired) electrons. The number of carbonyl (C=O) groups excluding carboxylic acids is 1. The molecule has 1 aromatic heterocycles. The number of hydrogen-bond donors (Lipinski definition) is 2. The van der Waals surface area contributed by atoms with Gasteiger partial charge in [-0.1, -0.05) is 6.42 Å². The molecule has 4 heteroatoms. The van der Waals surface area contributed by atoms with Crippen LogP contribution in [0, 0.1) is 5.92 Å². The fraction of sp³-hybridized carbons (Fsp3) is 0.583. The highest BCUT2D eigenvalue weighted by Gasteiger charge is 2.25. The number of amides is 1. The van der Waals surface area contributed by atoms with Crippen LogP contribution < -0.4 is 11.1 Å². The third-order valence-electron chi connectivity index (χ3n) is 3.25. The maximum atomic E-state index is 11.1. The SMILES string of the molecule is NC(=O)C1CCCC(NCc2ccoc2)C1. The van der Waals surface area contributed by atoms with Crippen LogP contribution in [0.25, 0.3) is 0 Å². The Morgan fingerprint density at radius 2 is 2.44 bits per heavy atom. The zero-order valence-electron chi connectivity index (χ0n) is 9.32. The molecule has 1 aliphatic carbocycles. The van der Waals surface area contributed by atoms with Gasteiger partial charge in [0.05, 0.1) is 12.5 Å². The van der Waals surface area contributed by atoms with Crippen LogP contribution in [-0.4, -0.2) is 11.9 Å². The number of furan rings is 1. The summed E-state index contributed by atoms with van der Waals surface area (Å²) in [5.41, 5.74) is 6.48. The third-order valence-corrected chi connectivity index (χ3v) is 3.25. The Kier molecular flexibility index (Phi) is 3.62. The van der Waals surface area contributed by atoms with E-state index in [1.54, 1.807) is 12.5 Å². The lowest BCUT2D eigenvalue weighted by atomic mass is 9.85. The minimum Gasteiger partial charge on any atom is -0.472 e. The Balaban J connectivity index is 1.79. The van der Waals surface area contributed by atoms with Crippen LogP contribution in [0.3, 0.4) is 0 Å². The van der Waals surface area contributed by atoms with Crippen molar-refractivity contribution in [1.82, 2.24) is 5.32 Å². The van der Waals surface area contributed by atoms with Crippen molar-refractivity contribution in [2.45, 2.75) is 38.3 Å². The van der Waals surface area contributed by atoms with Gasteiger partial charge in [0.2, 0.25) is 5.91 Å². The van der Waals surface area contributed by atoms with Crippen molar-refractivity contribution in [1.29, 1.82) is 0 Å². The molecule has 0 saturated heterocycles. The van der Waals surface area contributed by atoms with E-state index in [1.165, 1.54) is 0 Å². The van der Waals surface area contributed by atoms with Crippen molar-refractivity contribution in [2.75, 3.05) is 0 Å². The van der Waals surface area contributed by atoms with Crippen LogP contribution in [0.15, 0.2) is 23.0 Å². The topological polar surface area (TPSA) is 68.3 Å². The molecule has 1 fully saturated rings. The van der Waals surface area contributed by atoms with Gasteiger partial charge >= 0.3 is 0 Å². The largest absolute Gasteiger partial charge is 0.472 e. The number of primary amides is 1. The molecule has 1 amide bonds. The molecule has 0 bridgehead atoms.